The lowest BCUT2D eigenvalue weighted by atomic mass is 10.1. The molecule has 1 aromatic heterocycles. The fourth-order valence-electron chi connectivity index (χ4n) is 1.84. The van der Waals surface area contributed by atoms with E-state index in [1.807, 2.05) is 36.4 Å². The summed E-state index contributed by atoms with van der Waals surface area (Å²) in [6, 6.07) is 11.1. The number of pyridine rings is 1. The van der Waals surface area contributed by atoms with Crippen molar-refractivity contribution in [3.05, 3.63) is 42.1 Å². The van der Waals surface area contributed by atoms with Crippen LogP contribution in [0.5, 0.6) is 0 Å². The van der Waals surface area contributed by atoms with Crippen molar-refractivity contribution in [2.75, 3.05) is 0 Å². The highest BCUT2D eigenvalue weighted by atomic mass is 16.2. The molecule has 1 N–H and O–H groups in total. The van der Waals surface area contributed by atoms with Gasteiger partial charge in [0.2, 0.25) is 5.91 Å². The maximum absolute atomic E-state index is 10.9. The van der Waals surface area contributed by atoms with Gasteiger partial charge in [0.15, 0.2) is 0 Å². The second-order valence-electron chi connectivity index (χ2n) is 4.14. The summed E-state index contributed by atoms with van der Waals surface area (Å²) in [5, 5.41) is 3.64. The van der Waals surface area contributed by atoms with Crippen molar-refractivity contribution in [1.82, 2.24) is 10.3 Å². The zero-order valence-corrected chi connectivity index (χ0v) is 10.1. The lowest BCUT2D eigenvalue weighted by Gasteiger charge is -2.10. The molecule has 4 heteroatoms. The Morgan fingerprint density at radius 3 is 2.83 bits per heavy atom. The van der Waals surface area contributed by atoms with Crippen molar-refractivity contribution in [2.45, 2.75) is 19.4 Å². The zero-order chi connectivity index (χ0) is 13.0. The van der Waals surface area contributed by atoms with Crippen LogP contribution in [0.3, 0.4) is 0 Å². The van der Waals surface area contributed by atoms with Crippen molar-refractivity contribution in [1.29, 1.82) is 0 Å². The molecule has 1 aromatic carbocycles. The largest absolute Gasteiger partial charge is 0.346 e. The van der Waals surface area contributed by atoms with Crippen molar-refractivity contribution in [2.24, 2.45) is 0 Å². The van der Waals surface area contributed by atoms with Crippen LogP contribution in [-0.2, 0) is 16.0 Å². The number of aldehydes is 1. The van der Waals surface area contributed by atoms with Crippen LogP contribution in [-0.4, -0.2) is 23.2 Å². The lowest BCUT2D eigenvalue weighted by molar-refractivity contribution is -0.122. The Morgan fingerprint density at radius 1 is 1.33 bits per heavy atom. The van der Waals surface area contributed by atoms with Gasteiger partial charge in [-0.15, -0.1) is 0 Å². The number of benzene rings is 1. The smallest absolute Gasteiger partial charge is 0.217 e. The summed E-state index contributed by atoms with van der Waals surface area (Å²) in [6.07, 6.45) is 1.15. The van der Waals surface area contributed by atoms with E-state index in [9.17, 15) is 9.59 Å². The van der Waals surface area contributed by atoms with Crippen LogP contribution in [0.15, 0.2) is 36.4 Å². The van der Waals surface area contributed by atoms with Gasteiger partial charge in [0.05, 0.1) is 11.6 Å². The molecule has 0 aliphatic rings. The standard InChI is InChI=1S/C14H14N2O2/c1-10(18)15-13(9-17)8-12-7-6-11-4-2-3-5-14(11)16-12/h2-7,9,13H,8H2,1H3,(H,15,18)/t13-/m1/s1. The molecule has 0 unspecified atom stereocenters. The molecule has 1 heterocycles. The van der Waals surface area contributed by atoms with E-state index in [1.165, 1.54) is 6.92 Å². The highest BCUT2D eigenvalue weighted by Crippen LogP contribution is 2.12. The van der Waals surface area contributed by atoms with E-state index in [2.05, 4.69) is 10.3 Å². The average Bonchev–Trinajstić information content (AvgIpc) is 2.37. The van der Waals surface area contributed by atoms with Crippen LogP contribution < -0.4 is 5.32 Å². The summed E-state index contributed by atoms with van der Waals surface area (Å²) in [4.78, 5) is 26.3. The first-order chi connectivity index (χ1) is 8.69. The average molecular weight is 242 g/mol. The maximum Gasteiger partial charge on any atom is 0.217 e. The van der Waals surface area contributed by atoms with E-state index in [1.54, 1.807) is 0 Å². The van der Waals surface area contributed by atoms with Crippen LogP contribution in [0.4, 0.5) is 0 Å². The third-order valence-electron chi connectivity index (χ3n) is 2.64. The van der Waals surface area contributed by atoms with Crippen LogP contribution in [0.25, 0.3) is 10.9 Å². The van der Waals surface area contributed by atoms with Gasteiger partial charge < -0.3 is 10.1 Å². The van der Waals surface area contributed by atoms with E-state index in [-0.39, 0.29) is 5.91 Å². The van der Waals surface area contributed by atoms with Crippen molar-refractivity contribution in [3.63, 3.8) is 0 Å². The zero-order valence-electron chi connectivity index (χ0n) is 10.1. The Bertz CT molecular complexity index is 581. The fourth-order valence-corrected chi connectivity index (χ4v) is 1.84. The molecule has 92 valence electrons. The SMILES string of the molecule is CC(=O)N[C@@H](C=O)Cc1ccc2ccccc2n1. The number of carbonyl (C=O) groups excluding carboxylic acids is 2. The normalized spacial score (nSPS) is 12.1. The number of hydrogen-bond donors (Lipinski definition) is 1. The molecular weight excluding hydrogens is 228 g/mol. The number of nitrogens with one attached hydrogen (secondary N) is 1. The Morgan fingerprint density at radius 2 is 2.11 bits per heavy atom. The van der Waals surface area contributed by atoms with Crippen molar-refractivity contribution in [3.8, 4) is 0 Å². The Hall–Kier alpha value is -2.23. The first-order valence-electron chi connectivity index (χ1n) is 5.76. The minimum absolute atomic E-state index is 0.215. The maximum atomic E-state index is 10.9. The van der Waals surface area contributed by atoms with Gasteiger partial charge in [0.1, 0.15) is 6.29 Å². The Kier molecular flexibility index (Phi) is 3.67. The molecule has 18 heavy (non-hydrogen) atoms. The number of hydrogen-bond acceptors (Lipinski definition) is 3. The van der Waals surface area contributed by atoms with Crippen LogP contribution in [0.1, 0.15) is 12.6 Å². The Balaban J connectivity index is 2.20. The molecule has 0 aliphatic heterocycles. The predicted molar refractivity (Wildman–Crippen MR) is 69.1 cm³/mol. The number of fused-ring (bicyclic) bond motifs is 1. The monoisotopic (exact) mass is 242 g/mol. The van der Waals surface area contributed by atoms with Gasteiger partial charge in [-0.3, -0.25) is 9.78 Å². The van der Waals surface area contributed by atoms with E-state index in [0.29, 0.717) is 6.42 Å². The highest BCUT2D eigenvalue weighted by molar-refractivity contribution is 5.79. The fraction of sp³-hybridized carbons (Fsp3) is 0.214. The van der Waals surface area contributed by atoms with Crippen LogP contribution in [0, 0.1) is 0 Å². The second-order valence-corrected chi connectivity index (χ2v) is 4.14. The topological polar surface area (TPSA) is 59.1 Å². The van der Waals surface area contributed by atoms with Gasteiger partial charge in [-0.05, 0) is 12.1 Å². The Labute approximate surface area is 105 Å². The summed E-state index contributed by atoms with van der Waals surface area (Å²) in [6.45, 7) is 1.39. The molecular formula is C14H14N2O2. The lowest BCUT2D eigenvalue weighted by Crippen LogP contribution is -2.36. The number of aromatic nitrogens is 1. The highest BCUT2D eigenvalue weighted by Gasteiger charge is 2.10. The summed E-state index contributed by atoms with van der Waals surface area (Å²) in [7, 11) is 0. The summed E-state index contributed by atoms with van der Waals surface area (Å²) in [5.41, 5.74) is 1.68. The summed E-state index contributed by atoms with van der Waals surface area (Å²) < 4.78 is 0. The quantitative estimate of drug-likeness (QED) is 0.826. The molecule has 4 nitrogen and oxygen atoms in total. The first-order valence-corrected chi connectivity index (χ1v) is 5.76. The van der Waals surface area contributed by atoms with Crippen LogP contribution in [0.2, 0.25) is 0 Å². The third-order valence-corrected chi connectivity index (χ3v) is 2.64. The van der Waals surface area contributed by atoms with E-state index >= 15 is 0 Å². The van der Waals surface area contributed by atoms with Crippen molar-refractivity contribution >= 4 is 23.1 Å². The van der Waals surface area contributed by atoms with Crippen molar-refractivity contribution < 1.29 is 9.59 Å². The number of rotatable bonds is 4. The number of carbonyl (C=O) groups is 2. The van der Waals surface area contributed by atoms with Gasteiger partial charge >= 0.3 is 0 Å². The molecule has 0 saturated carbocycles. The molecule has 0 bridgehead atoms. The number of nitrogens with zero attached hydrogens (tertiary/aromatic N) is 1. The minimum atomic E-state index is -0.517. The minimum Gasteiger partial charge on any atom is -0.346 e. The molecule has 2 rings (SSSR count). The van der Waals surface area contributed by atoms with E-state index in [0.717, 1.165) is 22.9 Å². The van der Waals surface area contributed by atoms with Gasteiger partial charge in [0, 0.05) is 24.4 Å². The molecule has 0 fully saturated rings. The molecule has 2 aromatic rings. The molecule has 0 radical (unpaired) electrons. The van der Waals surface area contributed by atoms with Gasteiger partial charge in [-0.2, -0.15) is 0 Å². The van der Waals surface area contributed by atoms with Gasteiger partial charge in [0.25, 0.3) is 0 Å². The van der Waals surface area contributed by atoms with Gasteiger partial charge in [-0.1, -0.05) is 24.3 Å². The van der Waals surface area contributed by atoms with Crippen LogP contribution >= 0.6 is 0 Å². The van der Waals surface area contributed by atoms with E-state index in [4.69, 9.17) is 0 Å². The first kappa shape index (κ1) is 12.2. The number of para-hydroxylation sites is 1. The van der Waals surface area contributed by atoms with Gasteiger partial charge in [-0.25, -0.2) is 0 Å². The van der Waals surface area contributed by atoms with E-state index < -0.39 is 6.04 Å². The molecule has 1 amide bonds. The second kappa shape index (κ2) is 5.40. The number of amides is 1. The predicted octanol–water partition coefficient (Wildman–Crippen LogP) is 1.48. The molecule has 0 spiro atoms. The summed E-state index contributed by atoms with van der Waals surface area (Å²) >= 11 is 0. The molecule has 0 aliphatic carbocycles. The summed E-state index contributed by atoms with van der Waals surface area (Å²) in [5.74, 6) is -0.215. The molecule has 0 saturated heterocycles. The third kappa shape index (κ3) is 2.91. The molecule has 1 atom stereocenters.